The highest BCUT2D eigenvalue weighted by molar-refractivity contribution is 6.11. The number of nitrogens with one attached hydrogen (secondary N) is 1. The molecule has 0 saturated heterocycles. The number of hydrogen-bond acceptors (Lipinski definition) is 2. The van der Waals surface area contributed by atoms with Gasteiger partial charge in [-0.1, -0.05) is 49.2 Å². The number of fused-ring (bicyclic) bond motifs is 1. The van der Waals surface area contributed by atoms with Crippen molar-refractivity contribution in [3.8, 4) is 0 Å². The molecule has 0 aromatic heterocycles. The second kappa shape index (κ2) is 6.71. The molecule has 2 amide bonds. The molecule has 2 aromatic rings. The molecule has 1 aliphatic heterocycles. The minimum Gasteiger partial charge on any atom is -0.352 e. The van der Waals surface area contributed by atoms with E-state index >= 15 is 0 Å². The molecule has 4 heteroatoms. The SMILES string of the molecule is O=C(NC1CCCC1)[C@H]1Cc2ccccc2N1C(=O)c1ccccc1. The van der Waals surface area contributed by atoms with E-state index < -0.39 is 6.04 Å². The Morgan fingerprint density at radius 3 is 2.36 bits per heavy atom. The van der Waals surface area contributed by atoms with E-state index in [1.807, 2.05) is 42.5 Å². The highest BCUT2D eigenvalue weighted by Gasteiger charge is 2.39. The summed E-state index contributed by atoms with van der Waals surface area (Å²) < 4.78 is 0. The molecule has 1 atom stereocenters. The quantitative estimate of drug-likeness (QED) is 0.936. The average Bonchev–Trinajstić information content (AvgIpc) is 3.29. The van der Waals surface area contributed by atoms with E-state index in [0.717, 1.165) is 24.1 Å². The summed E-state index contributed by atoms with van der Waals surface area (Å²) >= 11 is 0. The van der Waals surface area contributed by atoms with Gasteiger partial charge in [-0.25, -0.2) is 0 Å². The summed E-state index contributed by atoms with van der Waals surface area (Å²) in [5.74, 6) is -0.149. The second-order valence-corrected chi connectivity index (χ2v) is 6.88. The van der Waals surface area contributed by atoms with Gasteiger partial charge >= 0.3 is 0 Å². The number of carbonyl (C=O) groups is 2. The van der Waals surface area contributed by atoms with Crippen molar-refractivity contribution in [3.05, 3.63) is 65.7 Å². The largest absolute Gasteiger partial charge is 0.352 e. The van der Waals surface area contributed by atoms with Gasteiger partial charge in [-0.3, -0.25) is 14.5 Å². The zero-order chi connectivity index (χ0) is 17.2. The van der Waals surface area contributed by atoms with E-state index in [4.69, 9.17) is 0 Å². The lowest BCUT2D eigenvalue weighted by atomic mass is 10.1. The molecule has 1 N–H and O–H groups in total. The fraction of sp³-hybridized carbons (Fsp3) is 0.333. The van der Waals surface area contributed by atoms with Crippen molar-refractivity contribution in [1.29, 1.82) is 0 Å². The predicted octanol–water partition coefficient (Wildman–Crippen LogP) is 3.32. The minimum atomic E-state index is -0.467. The van der Waals surface area contributed by atoms with Crippen LogP contribution in [0, 0.1) is 0 Å². The van der Waals surface area contributed by atoms with Crippen LogP contribution in [0.25, 0.3) is 0 Å². The minimum absolute atomic E-state index is 0.0348. The van der Waals surface area contributed by atoms with Gasteiger partial charge in [0.2, 0.25) is 5.91 Å². The normalized spacial score (nSPS) is 19.7. The lowest BCUT2D eigenvalue weighted by Crippen LogP contribution is -2.50. The molecule has 128 valence electrons. The van der Waals surface area contributed by atoms with Gasteiger partial charge in [-0.05, 0) is 36.6 Å². The van der Waals surface area contributed by atoms with Gasteiger partial charge in [-0.2, -0.15) is 0 Å². The third-order valence-electron chi connectivity index (χ3n) is 5.22. The van der Waals surface area contributed by atoms with Crippen molar-refractivity contribution in [2.75, 3.05) is 4.90 Å². The fourth-order valence-corrected chi connectivity index (χ4v) is 3.93. The fourth-order valence-electron chi connectivity index (χ4n) is 3.93. The van der Waals surface area contributed by atoms with Gasteiger partial charge < -0.3 is 5.32 Å². The molecule has 0 unspecified atom stereocenters. The molecule has 4 nitrogen and oxygen atoms in total. The Bertz CT molecular complexity index is 781. The van der Waals surface area contributed by atoms with Crippen molar-refractivity contribution in [1.82, 2.24) is 5.32 Å². The van der Waals surface area contributed by atoms with Crippen LogP contribution < -0.4 is 10.2 Å². The number of carbonyl (C=O) groups excluding carboxylic acids is 2. The zero-order valence-corrected chi connectivity index (χ0v) is 14.2. The third-order valence-corrected chi connectivity index (χ3v) is 5.22. The Morgan fingerprint density at radius 2 is 1.60 bits per heavy atom. The summed E-state index contributed by atoms with van der Waals surface area (Å²) in [5, 5.41) is 3.16. The predicted molar refractivity (Wildman–Crippen MR) is 97.6 cm³/mol. The van der Waals surface area contributed by atoms with Gasteiger partial charge in [0.05, 0.1) is 0 Å². The molecule has 4 rings (SSSR count). The van der Waals surface area contributed by atoms with Crippen LogP contribution in [0.3, 0.4) is 0 Å². The van der Waals surface area contributed by atoms with Crippen LogP contribution in [0.5, 0.6) is 0 Å². The molecule has 1 fully saturated rings. The topological polar surface area (TPSA) is 49.4 Å². The maximum Gasteiger partial charge on any atom is 0.259 e. The standard InChI is InChI=1S/C21H22N2O2/c24-20(22-17-11-5-6-12-17)19-14-16-10-4-7-13-18(16)23(19)21(25)15-8-2-1-3-9-15/h1-4,7-10,13,17,19H,5-6,11-12,14H2,(H,22,24)/t19-/m1/s1. The molecule has 1 saturated carbocycles. The lowest BCUT2D eigenvalue weighted by molar-refractivity contribution is -0.122. The van der Waals surface area contributed by atoms with Gasteiger partial charge in [0.1, 0.15) is 6.04 Å². The lowest BCUT2D eigenvalue weighted by Gasteiger charge is -2.26. The van der Waals surface area contributed by atoms with E-state index in [2.05, 4.69) is 5.32 Å². The van der Waals surface area contributed by atoms with E-state index in [-0.39, 0.29) is 17.9 Å². The van der Waals surface area contributed by atoms with Gasteiger partial charge in [0.25, 0.3) is 5.91 Å². The van der Waals surface area contributed by atoms with E-state index in [1.54, 1.807) is 17.0 Å². The molecule has 2 aliphatic rings. The number of anilines is 1. The highest BCUT2D eigenvalue weighted by Crippen LogP contribution is 2.33. The molecule has 1 aliphatic carbocycles. The van der Waals surface area contributed by atoms with Gasteiger partial charge in [0, 0.05) is 23.7 Å². The summed E-state index contributed by atoms with van der Waals surface area (Å²) in [7, 11) is 0. The van der Waals surface area contributed by atoms with Crippen LogP contribution in [-0.4, -0.2) is 23.9 Å². The van der Waals surface area contributed by atoms with E-state index in [1.165, 1.54) is 12.8 Å². The summed E-state index contributed by atoms with van der Waals surface area (Å²) in [6.07, 6.45) is 4.99. The first-order valence-corrected chi connectivity index (χ1v) is 9.01. The Balaban J connectivity index is 1.63. The van der Waals surface area contributed by atoms with Crippen molar-refractivity contribution < 1.29 is 9.59 Å². The highest BCUT2D eigenvalue weighted by atomic mass is 16.2. The van der Waals surface area contributed by atoms with Crippen LogP contribution in [0.4, 0.5) is 5.69 Å². The maximum absolute atomic E-state index is 13.1. The summed E-state index contributed by atoms with van der Waals surface area (Å²) in [5.41, 5.74) is 2.51. The molecule has 0 spiro atoms. The van der Waals surface area contributed by atoms with Crippen molar-refractivity contribution in [3.63, 3.8) is 0 Å². The number of para-hydroxylation sites is 1. The van der Waals surface area contributed by atoms with Crippen LogP contribution in [0.1, 0.15) is 41.6 Å². The smallest absolute Gasteiger partial charge is 0.259 e. The summed E-state index contributed by atoms with van der Waals surface area (Å²) in [6, 6.07) is 16.8. The van der Waals surface area contributed by atoms with Crippen molar-refractivity contribution >= 4 is 17.5 Å². The molecule has 25 heavy (non-hydrogen) atoms. The number of rotatable bonds is 3. The molecule has 0 bridgehead atoms. The van der Waals surface area contributed by atoms with Crippen LogP contribution in [-0.2, 0) is 11.2 Å². The molecular formula is C21H22N2O2. The molecule has 2 aromatic carbocycles. The third kappa shape index (κ3) is 3.04. The molecule has 0 radical (unpaired) electrons. The van der Waals surface area contributed by atoms with Gasteiger partial charge in [-0.15, -0.1) is 0 Å². The number of amides is 2. The first kappa shape index (κ1) is 15.9. The number of benzene rings is 2. The Labute approximate surface area is 147 Å². The average molecular weight is 334 g/mol. The monoisotopic (exact) mass is 334 g/mol. The maximum atomic E-state index is 13.1. The van der Waals surface area contributed by atoms with E-state index in [9.17, 15) is 9.59 Å². The van der Waals surface area contributed by atoms with Crippen LogP contribution in [0.2, 0.25) is 0 Å². The summed E-state index contributed by atoms with van der Waals surface area (Å²) in [4.78, 5) is 27.7. The molecular weight excluding hydrogens is 312 g/mol. The number of hydrogen-bond donors (Lipinski definition) is 1. The zero-order valence-electron chi connectivity index (χ0n) is 14.2. The van der Waals surface area contributed by atoms with Crippen LogP contribution in [0.15, 0.2) is 54.6 Å². The van der Waals surface area contributed by atoms with Gasteiger partial charge in [0.15, 0.2) is 0 Å². The first-order chi connectivity index (χ1) is 12.2. The van der Waals surface area contributed by atoms with Crippen molar-refractivity contribution in [2.24, 2.45) is 0 Å². The first-order valence-electron chi connectivity index (χ1n) is 9.01. The summed E-state index contributed by atoms with van der Waals surface area (Å²) in [6.45, 7) is 0. The Hall–Kier alpha value is -2.62. The van der Waals surface area contributed by atoms with Crippen molar-refractivity contribution in [2.45, 2.75) is 44.2 Å². The molecule has 1 heterocycles. The second-order valence-electron chi connectivity index (χ2n) is 6.88. The van der Waals surface area contributed by atoms with Crippen LogP contribution >= 0.6 is 0 Å². The Morgan fingerprint density at radius 1 is 0.920 bits per heavy atom. The Kier molecular flexibility index (Phi) is 4.26. The van der Waals surface area contributed by atoms with E-state index in [0.29, 0.717) is 12.0 Å². The number of nitrogens with zero attached hydrogens (tertiary/aromatic N) is 1.